The molecule has 3 rings (SSSR count). The van der Waals surface area contributed by atoms with Gasteiger partial charge in [-0.2, -0.15) is 0 Å². The van der Waals surface area contributed by atoms with Gasteiger partial charge in [0.15, 0.2) is 0 Å². The number of aliphatic hydroxyl groups excluding tert-OH is 1. The minimum absolute atomic E-state index is 0.129. The van der Waals surface area contributed by atoms with Gasteiger partial charge in [-0.1, -0.05) is 36.8 Å². The van der Waals surface area contributed by atoms with E-state index in [0.29, 0.717) is 32.3 Å². The zero-order chi connectivity index (χ0) is 20.8. The Morgan fingerprint density at radius 3 is 2.93 bits per heavy atom. The lowest BCUT2D eigenvalue weighted by molar-refractivity contribution is -0.107. The molecule has 0 spiro atoms. The molecule has 0 saturated carbocycles. The molecule has 0 aromatic rings. The van der Waals surface area contributed by atoms with Gasteiger partial charge in [0, 0.05) is 24.8 Å². The number of allylic oxidation sites excluding steroid dienone is 3. The van der Waals surface area contributed by atoms with E-state index in [1.54, 1.807) is 0 Å². The molecular weight excluding hydrogens is 393 g/mol. The molecule has 0 aromatic heterocycles. The molecule has 0 fully saturated rings. The van der Waals surface area contributed by atoms with Gasteiger partial charge in [0.25, 0.3) is 0 Å². The topological polar surface area (TPSA) is 58.6 Å². The molecule has 0 radical (unpaired) electrons. The van der Waals surface area contributed by atoms with E-state index in [9.17, 15) is 14.3 Å². The van der Waals surface area contributed by atoms with Gasteiger partial charge >= 0.3 is 0 Å². The van der Waals surface area contributed by atoms with Crippen LogP contribution in [-0.4, -0.2) is 47.9 Å². The van der Waals surface area contributed by atoms with E-state index in [1.165, 1.54) is 5.57 Å². The monoisotopic (exact) mass is 425 g/mol. The number of carbonyl (C=O) groups excluding carboxylic acids is 1. The Balaban J connectivity index is 1.51. The Labute approximate surface area is 178 Å². The van der Waals surface area contributed by atoms with Crippen LogP contribution in [0.1, 0.15) is 51.9 Å². The lowest BCUT2D eigenvalue weighted by Crippen LogP contribution is -2.49. The predicted molar refractivity (Wildman–Crippen MR) is 114 cm³/mol. The normalized spacial score (nSPS) is 36.3. The van der Waals surface area contributed by atoms with E-state index in [-0.39, 0.29) is 29.4 Å². The summed E-state index contributed by atoms with van der Waals surface area (Å²) in [5, 5.41) is 13.9. The molecule has 0 bridgehead atoms. The van der Waals surface area contributed by atoms with Crippen LogP contribution in [0.4, 0.5) is 4.39 Å². The second kappa shape index (κ2) is 10.9. The first-order chi connectivity index (χ1) is 14.0. The lowest BCUT2D eigenvalue weighted by atomic mass is 9.84. The number of alkyl halides is 2. The highest BCUT2D eigenvalue weighted by Crippen LogP contribution is 2.31. The fraction of sp³-hybridized carbons (Fsp3) is 0.696. The van der Waals surface area contributed by atoms with E-state index in [1.807, 2.05) is 12.2 Å². The van der Waals surface area contributed by atoms with Crippen molar-refractivity contribution in [1.29, 1.82) is 0 Å². The van der Waals surface area contributed by atoms with Gasteiger partial charge in [0.05, 0.1) is 18.1 Å². The highest BCUT2D eigenvalue weighted by Gasteiger charge is 2.34. The standard InChI is InChI=1S/C23H33ClFNO3/c1-15-11-16(9-10-27)5-8-22(15)26-23(28)20-13-19(6-7-21(20)24)29-14-17-3-2-4-18(25)12-17/h3,6-7,10-11,15,18-23,26,28H,2,4-5,8-9,12-14H2,1H3. The summed E-state index contributed by atoms with van der Waals surface area (Å²) in [6.45, 7) is 2.54. The highest BCUT2D eigenvalue weighted by atomic mass is 35.5. The van der Waals surface area contributed by atoms with E-state index in [2.05, 4.69) is 24.4 Å². The highest BCUT2D eigenvalue weighted by molar-refractivity contribution is 6.22. The van der Waals surface area contributed by atoms with Crippen LogP contribution < -0.4 is 5.32 Å². The molecule has 4 nitrogen and oxygen atoms in total. The zero-order valence-corrected chi connectivity index (χ0v) is 17.9. The van der Waals surface area contributed by atoms with Gasteiger partial charge in [-0.15, -0.1) is 11.6 Å². The largest absolute Gasteiger partial charge is 0.378 e. The molecule has 2 N–H and O–H groups in total. The number of aldehydes is 1. The van der Waals surface area contributed by atoms with Crippen molar-refractivity contribution in [1.82, 2.24) is 5.32 Å². The third-order valence-electron chi connectivity index (χ3n) is 6.35. The van der Waals surface area contributed by atoms with Gasteiger partial charge < -0.3 is 14.6 Å². The SMILES string of the molecule is CC1C=C(CC=O)CCC1NC(O)C1CC(OCC2=CCCC(F)C2)C=CC1Cl. The lowest BCUT2D eigenvalue weighted by Gasteiger charge is -2.37. The van der Waals surface area contributed by atoms with Crippen LogP contribution >= 0.6 is 11.6 Å². The Kier molecular flexibility index (Phi) is 8.48. The van der Waals surface area contributed by atoms with Crippen molar-refractivity contribution in [2.45, 2.75) is 81.8 Å². The second-order valence-corrected chi connectivity index (χ2v) is 9.13. The smallest absolute Gasteiger partial charge is 0.124 e. The third-order valence-corrected chi connectivity index (χ3v) is 6.82. The summed E-state index contributed by atoms with van der Waals surface area (Å²) in [6, 6.07) is 0.156. The van der Waals surface area contributed by atoms with Crippen molar-refractivity contribution in [2.24, 2.45) is 11.8 Å². The Morgan fingerprint density at radius 2 is 2.21 bits per heavy atom. The fourth-order valence-electron chi connectivity index (χ4n) is 4.58. The second-order valence-electron chi connectivity index (χ2n) is 8.63. The molecule has 0 aromatic carbocycles. The number of ether oxygens (including phenoxy) is 1. The molecule has 3 aliphatic rings. The molecule has 29 heavy (non-hydrogen) atoms. The maximum atomic E-state index is 13.5. The third kappa shape index (κ3) is 6.48. The first-order valence-electron chi connectivity index (χ1n) is 10.8. The van der Waals surface area contributed by atoms with E-state index < -0.39 is 12.4 Å². The molecule has 0 amide bonds. The minimum Gasteiger partial charge on any atom is -0.378 e. The summed E-state index contributed by atoms with van der Waals surface area (Å²) in [4.78, 5) is 10.7. The maximum absolute atomic E-state index is 13.5. The molecule has 7 unspecified atom stereocenters. The Hall–Kier alpha value is -1.01. The molecule has 7 atom stereocenters. The van der Waals surface area contributed by atoms with Crippen molar-refractivity contribution in [3.63, 3.8) is 0 Å². The summed E-state index contributed by atoms with van der Waals surface area (Å²) in [7, 11) is 0. The van der Waals surface area contributed by atoms with Crippen LogP contribution in [0.15, 0.2) is 35.5 Å². The van der Waals surface area contributed by atoms with E-state index in [4.69, 9.17) is 16.3 Å². The molecule has 6 heteroatoms. The summed E-state index contributed by atoms with van der Waals surface area (Å²) in [6.07, 6.45) is 12.1. The molecular formula is C23H33ClFNO3. The van der Waals surface area contributed by atoms with Crippen molar-refractivity contribution in [3.05, 3.63) is 35.5 Å². The first-order valence-corrected chi connectivity index (χ1v) is 11.2. The van der Waals surface area contributed by atoms with E-state index in [0.717, 1.165) is 31.1 Å². The quantitative estimate of drug-likeness (QED) is 0.264. The summed E-state index contributed by atoms with van der Waals surface area (Å²) in [5.41, 5.74) is 2.20. The predicted octanol–water partition coefficient (Wildman–Crippen LogP) is 4.23. The van der Waals surface area contributed by atoms with E-state index >= 15 is 0 Å². The Morgan fingerprint density at radius 1 is 1.38 bits per heavy atom. The van der Waals surface area contributed by atoms with Gasteiger partial charge in [-0.05, 0) is 43.6 Å². The van der Waals surface area contributed by atoms with Crippen LogP contribution in [0.25, 0.3) is 0 Å². The number of nitrogens with one attached hydrogen (secondary N) is 1. The summed E-state index contributed by atoms with van der Waals surface area (Å²) in [5.74, 6) is 0.0914. The number of carbonyl (C=O) groups is 1. The number of halogens is 2. The number of aliphatic hydroxyl groups is 1. The zero-order valence-electron chi connectivity index (χ0n) is 17.1. The molecule has 3 aliphatic carbocycles. The van der Waals surface area contributed by atoms with Gasteiger partial charge in [0.2, 0.25) is 0 Å². The van der Waals surface area contributed by atoms with Crippen molar-refractivity contribution < 1.29 is 19.0 Å². The molecule has 162 valence electrons. The van der Waals surface area contributed by atoms with Crippen LogP contribution in [0.5, 0.6) is 0 Å². The average Bonchev–Trinajstić information content (AvgIpc) is 2.69. The number of hydrogen-bond donors (Lipinski definition) is 2. The maximum Gasteiger partial charge on any atom is 0.124 e. The minimum atomic E-state index is -0.759. The molecule has 0 aliphatic heterocycles. The number of rotatable bonds is 8. The van der Waals surface area contributed by atoms with Crippen LogP contribution in [-0.2, 0) is 9.53 Å². The van der Waals surface area contributed by atoms with Crippen molar-refractivity contribution >= 4 is 17.9 Å². The van der Waals surface area contributed by atoms with Gasteiger partial charge in [-0.25, -0.2) is 4.39 Å². The molecule has 0 saturated heterocycles. The fourth-order valence-corrected chi connectivity index (χ4v) is 4.90. The van der Waals surface area contributed by atoms with Crippen molar-refractivity contribution in [3.8, 4) is 0 Å². The van der Waals surface area contributed by atoms with Crippen LogP contribution in [0.2, 0.25) is 0 Å². The summed E-state index contributed by atoms with van der Waals surface area (Å²) >= 11 is 6.48. The average molecular weight is 426 g/mol. The van der Waals surface area contributed by atoms with Gasteiger partial charge in [0.1, 0.15) is 18.7 Å². The molecule has 0 heterocycles. The van der Waals surface area contributed by atoms with Crippen LogP contribution in [0, 0.1) is 11.8 Å². The summed E-state index contributed by atoms with van der Waals surface area (Å²) < 4.78 is 19.5. The van der Waals surface area contributed by atoms with Crippen LogP contribution in [0.3, 0.4) is 0 Å². The number of hydrogen-bond acceptors (Lipinski definition) is 4. The van der Waals surface area contributed by atoms with Crippen molar-refractivity contribution in [2.75, 3.05) is 6.61 Å². The first kappa shape index (κ1) is 22.7. The Bertz CT molecular complexity index is 650. The van der Waals surface area contributed by atoms with Gasteiger partial charge in [-0.3, -0.25) is 5.32 Å².